The second kappa shape index (κ2) is 7.47. The molecule has 2 rings (SSSR count). The van der Waals surface area contributed by atoms with Crippen LogP contribution in [-0.4, -0.2) is 36.2 Å². The van der Waals surface area contributed by atoms with Crippen LogP contribution in [0.15, 0.2) is 24.3 Å². The molecule has 0 saturated carbocycles. The number of hydrogen-bond donors (Lipinski definition) is 1. The molecule has 0 aromatic heterocycles. The minimum Gasteiger partial charge on any atom is -0.444 e. The lowest BCUT2D eigenvalue weighted by atomic mass is 10.1. The monoisotopic (exact) mass is 315 g/mol. The topological polar surface area (TPSA) is 65.4 Å². The van der Waals surface area contributed by atoms with Crippen molar-refractivity contribution in [2.45, 2.75) is 39.3 Å². The Morgan fingerprint density at radius 3 is 2.70 bits per heavy atom. The molecule has 0 spiro atoms. The van der Waals surface area contributed by atoms with Crippen LogP contribution in [-0.2, 0) is 11.3 Å². The van der Waals surface area contributed by atoms with Crippen molar-refractivity contribution < 1.29 is 9.53 Å². The third kappa shape index (κ3) is 5.57. The van der Waals surface area contributed by atoms with E-state index in [2.05, 4.69) is 11.4 Å². The maximum atomic E-state index is 12.0. The van der Waals surface area contributed by atoms with E-state index in [-0.39, 0.29) is 6.09 Å². The van der Waals surface area contributed by atoms with Gasteiger partial charge < -0.3 is 15.0 Å². The number of nitrogens with one attached hydrogen (secondary N) is 1. The zero-order chi connectivity index (χ0) is 16.9. The predicted molar refractivity (Wildman–Crippen MR) is 88.8 cm³/mol. The van der Waals surface area contributed by atoms with E-state index in [9.17, 15) is 4.79 Å². The van der Waals surface area contributed by atoms with Crippen molar-refractivity contribution in [3.8, 4) is 6.07 Å². The van der Waals surface area contributed by atoms with Gasteiger partial charge in [-0.15, -0.1) is 0 Å². The van der Waals surface area contributed by atoms with Crippen LogP contribution >= 0.6 is 0 Å². The van der Waals surface area contributed by atoms with Crippen LogP contribution in [0, 0.1) is 17.2 Å². The first-order chi connectivity index (χ1) is 10.9. The first kappa shape index (κ1) is 17.3. The summed E-state index contributed by atoms with van der Waals surface area (Å²) in [6, 6.07) is 9.71. The lowest BCUT2D eigenvalue weighted by Crippen LogP contribution is -2.36. The Hall–Kier alpha value is -2.06. The van der Waals surface area contributed by atoms with Crippen LogP contribution in [0.2, 0.25) is 0 Å². The van der Waals surface area contributed by atoms with E-state index in [1.54, 1.807) is 4.90 Å². The van der Waals surface area contributed by atoms with E-state index in [1.807, 2.05) is 45.0 Å². The second-order valence-corrected chi connectivity index (χ2v) is 7.02. The number of benzene rings is 1. The van der Waals surface area contributed by atoms with Crippen molar-refractivity contribution in [1.82, 2.24) is 10.2 Å². The zero-order valence-corrected chi connectivity index (χ0v) is 14.1. The molecule has 1 aliphatic rings. The molecule has 1 unspecified atom stereocenters. The summed E-state index contributed by atoms with van der Waals surface area (Å²) in [5, 5.41) is 12.2. The number of rotatable bonds is 4. The number of nitriles is 1. The Morgan fingerprint density at radius 1 is 1.39 bits per heavy atom. The Balaban J connectivity index is 1.71. The molecule has 1 saturated heterocycles. The van der Waals surface area contributed by atoms with Crippen molar-refractivity contribution in [2.24, 2.45) is 5.92 Å². The van der Waals surface area contributed by atoms with Gasteiger partial charge in [0.05, 0.1) is 11.6 Å². The van der Waals surface area contributed by atoms with Gasteiger partial charge in [0.2, 0.25) is 0 Å². The summed E-state index contributed by atoms with van der Waals surface area (Å²) < 4.78 is 5.41. The molecule has 5 heteroatoms. The highest BCUT2D eigenvalue weighted by Crippen LogP contribution is 2.19. The largest absolute Gasteiger partial charge is 0.444 e. The van der Waals surface area contributed by atoms with E-state index >= 15 is 0 Å². The van der Waals surface area contributed by atoms with Crippen molar-refractivity contribution in [2.75, 3.05) is 19.6 Å². The van der Waals surface area contributed by atoms with Gasteiger partial charge in [-0.3, -0.25) is 0 Å². The maximum absolute atomic E-state index is 12.0. The highest BCUT2D eigenvalue weighted by atomic mass is 16.6. The maximum Gasteiger partial charge on any atom is 0.410 e. The molecular weight excluding hydrogens is 290 g/mol. The molecule has 0 radical (unpaired) electrons. The van der Waals surface area contributed by atoms with Crippen LogP contribution in [0.5, 0.6) is 0 Å². The predicted octanol–water partition coefficient (Wildman–Crippen LogP) is 2.90. The molecule has 1 aliphatic heterocycles. The van der Waals surface area contributed by atoms with Gasteiger partial charge in [0, 0.05) is 26.2 Å². The lowest BCUT2D eigenvalue weighted by molar-refractivity contribution is 0.0288. The van der Waals surface area contributed by atoms with Gasteiger partial charge in [-0.2, -0.15) is 5.26 Å². The van der Waals surface area contributed by atoms with Gasteiger partial charge >= 0.3 is 6.09 Å². The zero-order valence-electron chi connectivity index (χ0n) is 14.1. The Labute approximate surface area is 138 Å². The normalized spacial score (nSPS) is 17.8. The average molecular weight is 315 g/mol. The summed E-state index contributed by atoms with van der Waals surface area (Å²) in [6.45, 7) is 8.81. The Bertz CT molecular complexity index is 569. The quantitative estimate of drug-likeness (QED) is 0.928. The highest BCUT2D eigenvalue weighted by Gasteiger charge is 2.29. The van der Waals surface area contributed by atoms with Crippen LogP contribution < -0.4 is 5.32 Å². The smallest absolute Gasteiger partial charge is 0.410 e. The fraction of sp³-hybridized carbons (Fsp3) is 0.556. The third-order valence-corrected chi connectivity index (χ3v) is 3.78. The Morgan fingerprint density at radius 2 is 2.09 bits per heavy atom. The summed E-state index contributed by atoms with van der Waals surface area (Å²) in [7, 11) is 0. The van der Waals surface area contributed by atoms with E-state index < -0.39 is 5.60 Å². The van der Waals surface area contributed by atoms with Gasteiger partial charge in [0.15, 0.2) is 0 Å². The summed E-state index contributed by atoms with van der Waals surface area (Å²) in [5.74, 6) is 0.459. The van der Waals surface area contributed by atoms with Gasteiger partial charge in [-0.05, 0) is 50.8 Å². The van der Waals surface area contributed by atoms with Crippen LogP contribution in [0.25, 0.3) is 0 Å². The lowest BCUT2D eigenvalue weighted by Gasteiger charge is -2.24. The average Bonchev–Trinajstić information content (AvgIpc) is 2.95. The second-order valence-electron chi connectivity index (χ2n) is 7.02. The molecule has 1 N–H and O–H groups in total. The molecule has 1 amide bonds. The minimum atomic E-state index is -0.441. The van der Waals surface area contributed by atoms with Crippen molar-refractivity contribution in [3.05, 3.63) is 35.4 Å². The van der Waals surface area contributed by atoms with Gasteiger partial charge in [0.1, 0.15) is 5.60 Å². The molecule has 0 aliphatic carbocycles. The summed E-state index contributed by atoms with van der Waals surface area (Å²) in [5.41, 5.74) is 1.40. The van der Waals surface area contributed by atoms with Crippen molar-refractivity contribution in [1.29, 1.82) is 5.26 Å². The molecule has 1 aromatic carbocycles. The van der Waals surface area contributed by atoms with E-state index in [1.165, 1.54) is 0 Å². The van der Waals surface area contributed by atoms with Crippen LogP contribution in [0.1, 0.15) is 38.3 Å². The standard InChI is InChI=1S/C18H25N3O2/c1-18(2,3)23-17(22)21-9-8-16(13-21)12-20-11-15-6-4-14(10-19)5-7-15/h4-7,16,20H,8-9,11-13H2,1-3H3. The van der Waals surface area contributed by atoms with Crippen molar-refractivity contribution in [3.63, 3.8) is 0 Å². The van der Waals surface area contributed by atoms with Crippen molar-refractivity contribution >= 4 is 6.09 Å². The number of ether oxygens (including phenoxy) is 1. The first-order valence-corrected chi connectivity index (χ1v) is 8.05. The van der Waals surface area contributed by atoms with Gasteiger partial charge in [-0.1, -0.05) is 12.1 Å². The van der Waals surface area contributed by atoms with E-state index in [4.69, 9.17) is 10.00 Å². The van der Waals surface area contributed by atoms with Gasteiger partial charge in [0.25, 0.3) is 0 Å². The number of carbonyl (C=O) groups is 1. The minimum absolute atomic E-state index is 0.216. The molecular formula is C18H25N3O2. The van der Waals surface area contributed by atoms with Crippen LogP contribution in [0.4, 0.5) is 4.79 Å². The number of amides is 1. The number of nitrogens with zero attached hydrogens (tertiary/aromatic N) is 2. The molecule has 124 valence electrons. The fourth-order valence-electron chi connectivity index (χ4n) is 2.61. The third-order valence-electron chi connectivity index (χ3n) is 3.78. The SMILES string of the molecule is CC(C)(C)OC(=O)N1CCC(CNCc2ccc(C#N)cc2)C1. The van der Waals surface area contributed by atoms with Crippen LogP contribution in [0.3, 0.4) is 0 Å². The first-order valence-electron chi connectivity index (χ1n) is 8.05. The molecule has 0 bridgehead atoms. The molecule has 1 atom stereocenters. The fourth-order valence-corrected chi connectivity index (χ4v) is 2.61. The van der Waals surface area contributed by atoms with E-state index in [0.29, 0.717) is 11.5 Å². The summed E-state index contributed by atoms with van der Waals surface area (Å²) in [6.07, 6.45) is 0.784. The number of carbonyl (C=O) groups excluding carboxylic acids is 1. The molecule has 5 nitrogen and oxygen atoms in total. The Kier molecular flexibility index (Phi) is 5.62. The summed E-state index contributed by atoms with van der Waals surface area (Å²) in [4.78, 5) is 13.8. The summed E-state index contributed by atoms with van der Waals surface area (Å²) >= 11 is 0. The van der Waals surface area contributed by atoms with Gasteiger partial charge in [-0.25, -0.2) is 4.79 Å². The molecule has 1 aromatic rings. The highest BCUT2D eigenvalue weighted by molar-refractivity contribution is 5.68. The number of hydrogen-bond acceptors (Lipinski definition) is 4. The molecule has 23 heavy (non-hydrogen) atoms. The number of likely N-dealkylation sites (tertiary alicyclic amines) is 1. The van der Waals surface area contributed by atoms with E-state index in [0.717, 1.165) is 38.2 Å². The molecule has 1 heterocycles. The molecule has 1 fully saturated rings.